The van der Waals surface area contributed by atoms with Crippen molar-refractivity contribution in [2.45, 2.75) is 13.8 Å². The van der Waals surface area contributed by atoms with Crippen LogP contribution in [0.4, 0.5) is 5.69 Å². The predicted octanol–water partition coefficient (Wildman–Crippen LogP) is 4.50. The number of carboxylic acids is 1. The van der Waals surface area contributed by atoms with Gasteiger partial charge in [0.1, 0.15) is 0 Å². The van der Waals surface area contributed by atoms with Crippen molar-refractivity contribution in [3.8, 4) is 17.0 Å². The molecule has 150 valence electrons. The van der Waals surface area contributed by atoms with Crippen molar-refractivity contribution in [3.05, 3.63) is 77.5 Å². The number of aromatic nitrogens is 1. The van der Waals surface area contributed by atoms with Gasteiger partial charge in [-0.3, -0.25) is 4.79 Å². The second-order valence-electron chi connectivity index (χ2n) is 6.39. The molecule has 29 heavy (non-hydrogen) atoms. The lowest BCUT2D eigenvalue weighted by Gasteiger charge is -2.10. The number of amides is 1. The van der Waals surface area contributed by atoms with Gasteiger partial charge < -0.3 is 15.2 Å². The highest BCUT2D eigenvalue weighted by Crippen LogP contribution is 2.25. The molecule has 0 fully saturated rings. The maximum atomic E-state index is 12.1. The van der Waals surface area contributed by atoms with Gasteiger partial charge >= 0.3 is 5.97 Å². The van der Waals surface area contributed by atoms with Gasteiger partial charge in [-0.25, -0.2) is 9.78 Å². The van der Waals surface area contributed by atoms with Crippen LogP contribution in [0.1, 0.15) is 21.5 Å². The third-order valence-electron chi connectivity index (χ3n) is 4.22. The first-order chi connectivity index (χ1) is 13.4. The van der Waals surface area contributed by atoms with E-state index in [1.54, 1.807) is 24.4 Å². The fourth-order valence-corrected chi connectivity index (χ4v) is 2.78. The molecule has 1 aromatic heterocycles. The number of halogens is 1. The minimum atomic E-state index is -1.11. The molecule has 0 aliphatic rings. The molecule has 0 atom stereocenters. The van der Waals surface area contributed by atoms with Crippen LogP contribution in [0.2, 0.25) is 0 Å². The monoisotopic (exact) mass is 412 g/mol. The lowest BCUT2D eigenvalue weighted by Crippen LogP contribution is -2.21. The van der Waals surface area contributed by atoms with Gasteiger partial charge in [0, 0.05) is 17.8 Å². The maximum Gasteiger partial charge on any atom is 0.337 e. The zero-order chi connectivity index (χ0) is 20.1. The van der Waals surface area contributed by atoms with Crippen LogP contribution < -0.4 is 10.1 Å². The Bertz CT molecular complexity index is 1020. The highest BCUT2D eigenvalue weighted by Gasteiger charge is 2.12. The first kappa shape index (κ1) is 21.9. The number of pyridine rings is 1. The topological polar surface area (TPSA) is 88.5 Å². The molecule has 0 bridgehead atoms. The zero-order valence-corrected chi connectivity index (χ0v) is 16.8. The number of carbonyl (C=O) groups is 2. The number of rotatable bonds is 6. The Kier molecular flexibility index (Phi) is 7.33. The summed E-state index contributed by atoms with van der Waals surface area (Å²) in [5.74, 6) is -1.26. The zero-order valence-electron chi connectivity index (χ0n) is 16.0. The Morgan fingerprint density at radius 3 is 2.52 bits per heavy atom. The van der Waals surface area contributed by atoms with E-state index < -0.39 is 11.9 Å². The number of hydrogen-bond donors (Lipinski definition) is 2. The van der Waals surface area contributed by atoms with Crippen molar-refractivity contribution in [2.75, 3.05) is 11.9 Å². The Labute approximate surface area is 175 Å². The molecule has 0 saturated carbocycles. The van der Waals surface area contributed by atoms with Gasteiger partial charge in [0.2, 0.25) is 5.88 Å². The summed E-state index contributed by atoms with van der Waals surface area (Å²) in [4.78, 5) is 27.5. The summed E-state index contributed by atoms with van der Waals surface area (Å²) in [7, 11) is 0. The van der Waals surface area contributed by atoms with Crippen molar-refractivity contribution in [2.24, 2.45) is 0 Å². The minimum absolute atomic E-state index is 0. The molecule has 7 heteroatoms. The lowest BCUT2D eigenvalue weighted by atomic mass is 10.00. The van der Waals surface area contributed by atoms with Crippen LogP contribution in [0.25, 0.3) is 11.1 Å². The fraction of sp³-hybridized carbons (Fsp3) is 0.136. The summed E-state index contributed by atoms with van der Waals surface area (Å²) in [6.07, 6.45) is 1.70. The van der Waals surface area contributed by atoms with E-state index in [9.17, 15) is 9.59 Å². The van der Waals surface area contributed by atoms with E-state index in [-0.39, 0.29) is 30.3 Å². The maximum absolute atomic E-state index is 12.1. The number of aryl methyl sites for hydroxylation is 2. The molecule has 0 unspecified atom stereocenters. The first-order valence-electron chi connectivity index (χ1n) is 8.72. The molecular formula is C22H21ClN2O4. The van der Waals surface area contributed by atoms with E-state index in [0.717, 1.165) is 16.7 Å². The van der Waals surface area contributed by atoms with Crippen molar-refractivity contribution >= 4 is 30.0 Å². The quantitative estimate of drug-likeness (QED) is 0.622. The molecule has 1 amide bonds. The highest BCUT2D eigenvalue weighted by molar-refractivity contribution is 6.00. The van der Waals surface area contributed by atoms with Crippen LogP contribution in [0, 0.1) is 13.8 Å². The number of anilines is 1. The van der Waals surface area contributed by atoms with Crippen molar-refractivity contribution < 1.29 is 19.4 Å². The third kappa shape index (κ3) is 5.56. The molecule has 1 heterocycles. The Morgan fingerprint density at radius 1 is 1.07 bits per heavy atom. The number of para-hydroxylation sites is 1. The summed E-state index contributed by atoms with van der Waals surface area (Å²) in [5.41, 5.74) is 4.63. The molecular weight excluding hydrogens is 392 g/mol. The SMILES string of the molecule is Cc1ccc(C)c(-c2ccc(OCC(=O)Nc3ccccc3C(=O)O)nc2)c1.Cl. The number of hydrogen-bond acceptors (Lipinski definition) is 4. The smallest absolute Gasteiger partial charge is 0.337 e. The average molecular weight is 413 g/mol. The van der Waals surface area contributed by atoms with Crippen LogP contribution in [0.15, 0.2) is 60.8 Å². The van der Waals surface area contributed by atoms with E-state index in [2.05, 4.69) is 28.5 Å². The number of ether oxygens (including phenoxy) is 1. The standard InChI is InChI=1S/C22H20N2O4.ClH/c1-14-7-8-15(2)18(11-14)16-9-10-21(23-12-16)28-13-20(25)24-19-6-4-3-5-17(19)22(26)27;/h3-12H,13H2,1-2H3,(H,24,25)(H,26,27);1H. The van der Waals surface area contributed by atoms with Gasteiger partial charge in [0.25, 0.3) is 5.91 Å². The largest absolute Gasteiger partial charge is 0.478 e. The van der Waals surface area contributed by atoms with Gasteiger partial charge in [-0.1, -0.05) is 35.9 Å². The summed E-state index contributed by atoms with van der Waals surface area (Å²) in [6, 6.07) is 16.0. The summed E-state index contributed by atoms with van der Waals surface area (Å²) in [5, 5.41) is 11.7. The minimum Gasteiger partial charge on any atom is -0.478 e. The number of carboxylic acid groups (broad SMARTS) is 1. The Hall–Kier alpha value is -3.38. The van der Waals surface area contributed by atoms with E-state index >= 15 is 0 Å². The van der Waals surface area contributed by atoms with Gasteiger partial charge in [-0.2, -0.15) is 0 Å². The molecule has 0 aliphatic carbocycles. The predicted molar refractivity (Wildman–Crippen MR) is 114 cm³/mol. The van der Waals surface area contributed by atoms with Crippen LogP contribution in [-0.2, 0) is 4.79 Å². The summed E-state index contributed by atoms with van der Waals surface area (Å²) < 4.78 is 5.41. The molecule has 0 spiro atoms. The van der Waals surface area contributed by atoms with Gasteiger partial charge in [0.05, 0.1) is 11.3 Å². The van der Waals surface area contributed by atoms with Crippen molar-refractivity contribution in [1.82, 2.24) is 4.98 Å². The summed E-state index contributed by atoms with van der Waals surface area (Å²) in [6.45, 7) is 3.80. The fourth-order valence-electron chi connectivity index (χ4n) is 2.78. The van der Waals surface area contributed by atoms with E-state index in [1.807, 2.05) is 19.9 Å². The third-order valence-corrected chi connectivity index (χ3v) is 4.22. The molecule has 2 aromatic carbocycles. The molecule has 6 nitrogen and oxygen atoms in total. The normalized spacial score (nSPS) is 10.0. The van der Waals surface area contributed by atoms with Gasteiger partial charge in [0.15, 0.2) is 6.61 Å². The number of aromatic carboxylic acids is 1. The van der Waals surface area contributed by atoms with Crippen molar-refractivity contribution in [3.63, 3.8) is 0 Å². The molecule has 3 aromatic rings. The number of benzene rings is 2. The summed E-state index contributed by atoms with van der Waals surface area (Å²) >= 11 is 0. The molecule has 2 N–H and O–H groups in total. The average Bonchev–Trinajstić information content (AvgIpc) is 2.69. The second-order valence-corrected chi connectivity index (χ2v) is 6.39. The molecule has 0 radical (unpaired) electrons. The Balaban J connectivity index is 0.00000300. The number of nitrogens with zero attached hydrogens (tertiary/aromatic N) is 1. The van der Waals surface area contributed by atoms with Crippen LogP contribution in [0.5, 0.6) is 5.88 Å². The van der Waals surface area contributed by atoms with Crippen LogP contribution in [-0.4, -0.2) is 28.6 Å². The lowest BCUT2D eigenvalue weighted by molar-refractivity contribution is -0.118. The van der Waals surface area contributed by atoms with Crippen molar-refractivity contribution in [1.29, 1.82) is 0 Å². The highest BCUT2D eigenvalue weighted by atomic mass is 35.5. The number of carbonyl (C=O) groups excluding carboxylic acids is 1. The van der Waals surface area contributed by atoms with E-state index in [0.29, 0.717) is 5.88 Å². The van der Waals surface area contributed by atoms with Gasteiger partial charge in [-0.05, 0) is 43.2 Å². The van der Waals surface area contributed by atoms with Crippen LogP contribution in [0.3, 0.4) is 0 Å². The number of nitrogens with one attached hydrogen (secondary N) is 1. The first-order valence-corrected chi connectivity index (χ1v) is 8.72. The van der Waals surface area contributed by atoms with E-state index in [1.165, 1.54) is 17.7 Å². The molecule has 0 aliphatic heterocycles. The van der Waals surface area contributed by atoms with Crippen LogP contribution >= 0.6 is 12.4 Å². The second kappa shape index (κ2) is 9.71. The molecule has 3 rings (SSSR count). The Morgan fingerprint density at radius 2 is 1.83 bits per heavy atom. The van der Waals surface area contributed by atoms with E-state index in [4.69, 9.17) is 9.84 Å². The molecule has 0 saturated heterocycles. The van der Waals surface area contributed by atoms with Gasteiger partial charge in [-0.15, -0.1) is 12.4 Å².